The van der Waals surface area contributed by atoms with E-state index in [0.29, 0.717) is 17.0 Å². The number of benzene rings is 2. The Balaban J connectivity index is 1.84. The Labute approximate surface area is 169 Å². The number of nitrogens with zero attached hydrogens (tertiary/aromatic N) is 1. The first-order valence-electron chi connectivity index (χ1n) is 8.51. The highest BCUT2D eigenvalue weighted by Gasteiger charge is 2.17. The van der Waals surface area contributed by atoms with Crippen molar-refractivity contribution in [2.24, 2.45) is 0 Å². The van der Waals surface area contributed by atoms with Crippen molar-refractivity contribution in [2.75, 3.05) is 7.11 Å². The van der Waals surface area contributed by atoms with Crippen molar-refractivity contribution in [2.45, 2.75) is 6.92 Å². The Morgan fingerprint density at radius 3 is 2.57 bits per heavy atom. The van der Waals surface area contributed by atoms with Gasteiger partial charge < -0.3 is 9.15 Å². The summed E-state index contributed by atoms with van der Waals surface area (Å²) >= 11 is 3.58. The van der Waals surface area contributed by atoms with Gasteiger partial charge in [0.1, 0.15) is 5.82 Å². The third-order valence-corrected chi connectivity index (χ3v) is 5.35. The predicted molar refractivity (Wildman–Crippen MR) is 109 cm³/mol. The first-order valence-corrected chi connectivity index (χ1v) is 9.30. The molecule has 0 radical (unpaired) electrons. The molecule has 6 heteroatoms. The molecular formula is C22H15BrFNO3. The largest absolute Gasteiger partial charge is 0.465 e. The van der Waals surface area contributed by atoms with E-state index in [2.05, 4.69) is 20.9 Å². The van der Waals surface area contributed by atoms with Gasteiger partial charge in [0.15, 0.2) is 5.76 Å². The van der Waals surface area contributed by atoms with E-state index >= 15 is 0 Å². The molecule has 2 heterocycles. The average Bonchev–Trinajstić information content (AvgIpc) is 3.04. The van der Waals surface area contributed by atoms with Crippen molar-refractivity contribution in [1.29, 1.82) is 0 Å². The number of rotatable bonds is 3. The number of pyridine rings is 1. The Hall–Kier alpha value is -2.99. The van der Waals surface area contributed by atoms with Gasteiger partial charge in [0.2, 0.25) is 5.71 Å². The maximum absolute atomic E-state index is 13.2. The van der Waals surface area contributed by atoms with Crippen LogP contribution in [0.3, 0.4) is 0 Å². The third-order valence-electron chi connectivity index (χ3n) is 4.56. The van der Waals surface area contributed by atoms with Gasteiger partial charge in [0.25, 0.3) is 0 Å². The number of carbonyl (C=O) groups excluding carboxylic acids is 1. The fourth-order valence-electron chi connectivity index (χ4n) is 3.07. The first kappa shape index (κ1) is 18.4. The molecule has 0 saturated carbocycles. The Morgan fingerprint density at radius 1 is 1.11 bits per heavy atom. The molecule has 140 valence electrons. The van der Waals surface area contributed by atoms with Crippen LogP contribution in [0.15, 0.2) is 63.6 Å². The van der Waals surface area contributed by atoms with Crippen LogP contribution in [0.1, 0.15) is 15.9 Å². The molecule has 4 rings (SSSR count). The molecule has 0 atom stereocenters. The molecule has 0 fully saturated rings. The van der Waals surface area contributed by atoms with Crippen molar-refractivity contribution >= 4 is 33.0 Å². The first-order chi connectivity index (χ1) is 13.5. The summed E-state index contributed by atoms with van der Waals surface area (Å²) in [4.78, 5) is 16.3. The van der Waals surface area contributed by atoms with Crippen molar-refractivity contribution in [1.82, 2.24) is 4.98 Å². The maximum atomic E-state index is 13.2. The number of ether oxygens (including phenoxy) is 1. The molecule has 0 unspecified atom stereocenters. The minimum Gasteiger partial charge on any atom is -0.465 e. The summed E-state index contributed by atoms with van der Waals surface area (Å²) in [6, 6.07) is 13.4. The smallest absolute Gasteiger partial charge is 0.337 e. The molecular weight excluding hydrogens is 425 g/mol. The van der Waals surface area contributed by atoms with Gasteiger partial charge in [-0.05, 0) is 76.4 Å². The number of hydrogen-bond acceptors (Lipinski definition) is 4. The molecule has 0 aliphatic heterocycles. The lowest BCUT2D eigenvalue weighted by Gasteiger charge is -2.08. The lowest BCUT2D eigenvalue weighted by atomic mass is 9.99. The fourth-order valence-corrected chi connectivity index (χ4v) is 3.66. The molecule has 4 nitrogen and oxygen atoms in total. The summed E-state index contributed by atoms with van der Waals surface area (Å²) in [5.41, 5.74) is 4.43. The van der Waals surface area contributed by atoms with Crippen LogP contribution in [-0.4, -0.2) is 18.1 Å². The number of furan rings is 1. The summed E-state index contributed by atoms with van der Waals surface area (Å²) in [5.74, 6) is -0.115. The van der Waals surface area contributed by atoms with Gasteiger partial charge in [-0.2, -0.15) is 0 Å². The highest BCUT2D eigenvalue weighted by molar-refractivity contribution is 9.10. The van der Waals surface area contributed by atoms with Gasteiger partial charge in [0.05, 0.1) is 22.5 Å². The number of hydrogen-bond donors (Lipinski definition) is 0. The second-order valence-corrected chi connectivity index (χ2v) is 7.14. The van der Waals surface area contributed by atoms with E-state index in [1.54, 1.807) is 30.5 Å². The highest BCUT2D eigenvalue weighted by Crippen LogP contribution is 2.38. The van der Waals surface area contributed by atoms with Crippen LogP contribution in [0.2, 0.25) is 0 Å². The van der Waals surface area contributed by atoms with Gasteiger partial charge in [-0.3, -0.25) is 0 Å². The lowest BCUT2D eigenvalue weighted by Crippen LogP contribution is -2.01. The summed E-state index contributed by atoms with van der Waals surface area (Å²) < 4.78 is 24.6. The van der Waals surface area contributed by atoms with Crippen molar-refractivity contribution in [3.05, 3.63) is 76.1 Å². The van der Waals surface area contributed by atoms with Crippen molar-refractivity contribution < 1.29 is 18.3 Å². The van der Waals surface area contributed by atoms with E-state index in [9.17, 15) is 9.18 Å². The molecule has 4 aromatic rings. The normalized spacial score (nSPS) is 11.0. The van der Waals surface area contributed by atoms with Crippen LogP contribution < -0.4 is 0 Å². The van der Waals surface area contributed by atoms with Gasteiger partial charge >= 0.3 is 5.97 Å². The molecule has 0 amide bonds. The van der Waals surface area contributed by atoms with E-state index in [1.165, 1.54) is 19.2 Å². The maximum Gasteiger partial charge on any atom is 0.337 e. The SMILES string of the molecule is COC(=O)c1ccc(C)c(-c2cnc3oc(-c4ccc(F)cc4)c(Br)c3c2)c1. The zero-order valence-corrected chi connectivity index (χ0v) is 16.7. The summed E-state index contributed by atoms with van der Waals surface area (Å²) in [6.07, 6.45) is 1.70. The Morgan fingerprint density at radius 2 is 1.86 bits per heavy atom. The Bertz CT molecular complexity index is 1200. The van der Waals surface area contributed by atoms with Crippen LogP contribution in [0.25, 0.3) is 33.6 Å². The summed E-state index contributed by atoms with van der Waals surface area (Å²) in [5, 5.41) is 0.791. The lowest BCUT2D eigenvalue weighted by molar-refractivity contribution is 0.0601. The molecule has 0 N–H and O–H groups in total. The zero-order valence-electron chi connectivity index (χ0n) is 15.1. The predicted octanol–water partition coefficient (Wildman–Crippen LogP) is 6.16. The molecule has 0 saturated heterocycles. The molecule has 28 heavy (non-hydrogen) atoms. The van der Waals surface area contributed by atoms with Crippen LogP contribution in [0, 0.1) is 12.7 Å². The van der Waals surface area contributed by atoms with E-state index in [0.717, 1.165) is 32.1 Å². The van der Waals surface area contributed by atoms with Crippen LogP contribution in [-0.2, 0) is 4.74 Å². The van der Waals surface area contributed by atoms with Crippen LogP contribution in [0.4, 0.5) is 4.39 Å². The number of aromatic nitrogens is 1. The van der Waals surface area contributed by atoms with Gasteiger partial charge in [-0.1, -0.05) is 6.07 Å². The molecule has 2 aromatic carbocycles. The second-order valence-electron chi connectivity index (χ2n) is 6.35. The highest BCUT2D eigenvalue weighted by atomic mass is 79.9. The topological polar surface area (TPSA) is 52.3 Å². The monoisotopic (exact) mass is 439 g/mol. The minimum absolute atomic E-state index is 0.308. The molecule has 2 aromatic heterocycles. The van der Waals surface area contributed by atoms with E-state index in [1.807, 2.05) is 19.1 Å². The number of halogens is 2. The molecule has 0 aliphatic rings. The molecule has 0 bridgehead atoms. The van der Waals surface area contributed by atoms with Gasteiger partial charge in [0, 0.05) is 17.3 Å². The fraction of sp³-hybridized carbons (Fsp3) is 0.0909. The number of methoxy groups -OCH3 is 1. The second kappa shape index (κ2) is 7.20. The number of carbonyl (C=O) groups is 1. The average molecular weight is 440 g/mol. The van der Waals surface area contributed by atoms with E-state index in [-0.39, 0.29) is 5.82 Å². The minimum atomic E-state index is -0.390. The van der Waals surface area contributed by atoms with Crippen molar-refractivity contribution in [3.63, 3.8) is 0 Å². The van der Waals surface area contributed by atoms with E-state index in [4.69, 9.17) is 9.15 Å². The quantitative estimate of drug-likeness (QED) is 0.358. The zero-order chi connectivity index (χ0) is 19.8. The molecule has 0 aliphatic carbocycles. The van der Waals surface area contributed by atoms with Gasteiger partial charge in [-0.15, -0.1) is 0 Å². The number of esters is 1. The van der Waals surface area contributed by atoms with Crippen LogP contribution in [0.5, 0.6) is 0 Å². The van der Waals surface area contributed by atoms with Crippen molar-refractivity contribution in [3.8, 4) is 22.5 Å². The number of fused-ring (bicyclic) bond motifs is 1. The molecule has 0 spiro atoms. The van der Waals surface area contributed by atoms with Crippen LogP contribution >= 0.6 is 15.9 Å². The summed E-state index contributed by atoms with van der Waals surface area (Å²) in [7, 11) is 1.36. The summed E-state index contributed by atoms with van der Waals surface area (Å²) in [6.45, 7) is 1.97. The van der Waals surface area contributed by atoms with Gasteiger partial charge in [-0.25, -0.2) is 14.2 Å². The van der Waals surface area contributed by atoms with E-state index < -0.39 is 5.97 Å². The number of aryl methyl sites for hydroxylation is 1. The third kappa shape index (κ3) is 3.20. The standard InChI is InChI=1S/C22H15BrFNO3/c1-12-3-4-14(22(26)27-2)9-17(12)15-10-18-19(23)20(28-21(18)25-11-15)13-5-7-16(24)8-6-13/h3-11H,1-2H3. The Kier molecular flexibility index (Phi) is 4.73.